The number of carbonyl (C=O) groups is 2. The Hall–Kier alpha value is -1.64. The van der Waals surface area contributed by atoms with Crippen molar-refractivity contribution in [2.24, 2.45) is 10.8 Å². The molecule has 3 nitrogen and oxygen atoms in total. The van der Waals surface area contributed by atoms with Gasteiger partial charge in [-0.1, -0.05) is 51.1 Å². The third-order valence-electron chi connectivity index (χ3n) is 4.01. The van der Waals surface area contributed by atoms with Crippen LogP contribution < -0.4 is 0 Å². The van der Waals surface area contributed by atoms with Gasteiger partial charge in [-0.3, -0.25) is 9.59 Å². The average Bonchev–Trinajstić information content (AvgIpc) is 2.43. The number of carbonyl (C=O) groups excluding carboxylic acids is 2. The first-order chi connectivity index (χ1) is 9.60. The van der Waals surface area contributed by atoms with E-state index in [0.29, 0.717) is 6.42 Å². The van der Waals surface area contributed by atoms with Crippen LogP contribution in [0.2, 0.25) is 0 Å². The molecule has 0 saturated carbocycles. The summed E-state index contributed by atoms with van der Waals surface area (Å²) in [4.78, 5) is 24.6. The molecule has 21 heavy (non-hydrogen) atoms. The van der Waals surface area contributed by atoms with Crippen molar-refractivity contribution in [2.75, 3.05) is 7.11 Å². The van der Waals surface area contributed by atoms with Crippen LogP contribution in [0.1, 0.15) is 52.5 Å². The van der Waals surface area contributed by atoms with Crippen LogP contribution in [0.15, 0.2) is 30.3 Å². The van der Waals surface area contributed by atoms with Crippen LogP contribution >= 0.6 is 0 Å². The summed E-state index contributed by atoms with van der Waals surface area (Å²) in [6.45, 7) is 9.40. The summed E-state index contributed by atoms with van der Waals surface area (Å²) in [5.74, 6) is -0.343. The highest BCUT2D eigenvalue weighted by Gasteiger charge is 2.41. The fourth-order valence-corrected chi connectivity index (χ4v) is 2.37. The number of hydrogen-bond donors (Lipinski definition) is 0. The molecule has 116 valence electrons. The normalized spacial score (nSPS) is 13.6. The van der Waals surface area contributed by atoms with Crippen molar-refractivity contribution in [3.8, 4) is 0 Å². The maximum absolute atomic E-state index is 12.5. The van der Waals surface area contributed by atoms with Gasteiger partial charge in [-0.15, -0.1) is 0 Å². The molecule has 0 radical (unpaired) electrons. The van der Waals surface area contributed by atoms with E-state index in [9.17, 15) is 9.59 Å². The molecule has 0 saturated heterocycles. The molecule has 0 aromatic heterocycles. The number of hydrogen-bond acceptors (Lipinski definition) is 3. The molecule has 1 aromatic rings. The number of methoxy groups -OCH3 is 1. The van der Waals surface area contributed by atoms with Crippen LogP contribution in [0.25, 0.3) is 0 Å². The van der Waals surface area contributed by atoms with Crippen LogP contribution in [-0.4, -0.2) is 18.9 Å². The van der Waals surface area contributed by atoms with Gasteiger partial charge in [0, 0.05) is 17.8 Å². The summed E-state index contributed by atoms with van der Waals surface area (Å²) < 4.78 is 4.93. The lowest BCUT2D eigenvalue weighted by Gasteiger charge is -2.33. The van der Waals surface area contributed by atoms with E-state index in [2.05, 4.69) is 0 Å². The number of esters is 1. The molecule has 1 atom stereocenters. The monoisotopic (exact) mass is 290 g/mol. The zero-order chi connectivity index (χ0) is 16.3. The second kappa shape index (κ2) is 6.42. The van der Waals surface area contributed by atoms with E-state index in [0.717, 1.165) is 5.56 Å². The van der Waals surface area contributed by atoms with Crippen molar-refractivity contribution in [2.45, 2.75) is 47.0 Å². The Labute approximate surface area is 127 Å². The highest BCUT2D eigenvalue weighted by Crippen LogP contribution is 2.40. The first-order valence-corrected chi connectivity index (χ1v) is 7.27. The topological polar surface area (TPSA) is 43.4 Å². The third-order valence-corrected chi connectivity index (χ3v) is 4.01. The summed E-state index contributed by atoms with van der Waals surface area (Å²) in [7, 11) is 1.39. The van der Waals surface area contributed by atoms with Crippen molar-refractivity contribution < 1.29 is 14.3 Å². The Bertz CT molecular complexity index is 495. The van der Waals surface area contributed by atoms with Crippen LogP contribution in [0.5, 0.6) is 0 Å². The minimum absolute atomic E-state index is 0.147. The van der Waals surface area contributed by atoms with Gasteiger partial charge in [-0.25, -0.2) is 0 Å². The molecule has 3 heteroatoms. The molecule has 0 aliphatic rings. The summed E-state index contributed by atoms with van der Waals surface area (Å²) in [5.41, 5.74) is -0.179. The Kier molecular flexibility index (Phi) is 5.32. The van der Waals surface area contributed by atoms with Gasteiger partial charge in [0.05, 0.1) is 12.5 Å². The van der Waals surface area contributed by atoms with Crippen LogP contribution in [0.3, 0.4) is 0 Å². The standard InChI is InChI=1S/C18H26O3/c1-17(2,3)15(19)12-14(13-10-8-7-9-11-13)18(4,5)16(20)21-6/h7-11,14H,12H2,1-6H3/t14-/m0/s1. The molecule has 0 amide bonds. The SMILES string of the molecule is COC(=O)C(C)(C)[C@@H](CC(=O)C(C)(C)C)c1ccccc1. The quantitative estimate of drug-likeness (QED) is 0.770. The maximum Gasteiger partial charge on any atom is 0.311 e. The second-order valence-corrected chi connectivity index (χ2v) is 7.05. The maximum atomic E-state index is 12.5. The number of Topliss-reactive ketones (excluding diaryl/α,β-unsaturated/α-hetero) is 1. The summed E-state index contributed by atoms with van der Waals surface area (Å²) in [6, 6.07) is 9.71. The first kappa shape index (κ1) is 17.4. The lowest BCUT2D eigenvalue weighted by Crippen LogP contribution is -2.35. The van der Waals surface area contributed by atoms with E-state index in [1.165, 1.54) is 7.11 Å². The number of benzene rings is 1. The summed E-state index contributed by atoms with van der Waals surface area (Å²) in [5, 5.41) is 0. The molecule has 0 heterocycles. The smallest absolute Gasteiger partial charge is 0.311 e. The fraction of sp³-hybridized carbons (Fsp3) is 0.556. The predicted molar refractivity (Wildman–Crippen MR) is 84.1 cm³/mol. The zero-order valence-corrected chi connectivity index (χ0v) is 13.9. The van der Waals surface area contributed by atoms with E-state index < -0.39 is 10.8 Å². The van der Waals surface area contributed by atoms with Gasteiger partial charge in [0.25, 0.3) is 0 Å². The lowest BCUT2D eigenvalue weighted by atomic mass is 9.70. The molecule has 0 N–H and O–H groups in total. The molecule has 1 aromatic carbocycles. The van der Waals surface area contributed by atoms with Gasteiger partial charge in [-0.2, -0.15) is 0 Å². The van der Waals surface area contributed by atoms with Gasteiger partial charge in [-0.05, 0) is 19.4 Å². The molecule has 0 spiro atoms. The van der Waals surface area contributed by atoms with E-state index in [-0.39, 0.29) is 17.7 Å². The number of ketones is 1. The van der Waals surface area contributed by atoms with Crippen molar-refractivity contribution in [1.82, 2.24) is 0 Å². The van der Waals surface area contributed by atoms with Gasteiger partial charge in [0.1, 0.15) is 5.78 Å². The Balaban J connectivity index is 3.19. The van der Waals surface area contributed by atoms with E-state index in [1.54, 1.807) is 0 Å². The van der Waals surface area contributed by atoms with Gasteiger partial charge in [0.15, 0.2) is 0 Å². The average molecular weight is 290 g/mol. The Morgan fingerprint density at radius 2 is 1.57 bits per heavy atom. The molecular formula is C18H26O3. The van der Waals surface area contributed by atoms with Crippen molar-refractivity contribution in [1.29, 1.82) is 0 Å². The molecule has 0 aliphatic carbocycles. The van der Waals surface area contributed by atoms with Crippen molar-refractivity contribution >= 4 is 11.8 Å². The highest BCUT2D eigenvalue weighted by molar-refractivity contribution is 5.86. The van der Waals surface area contributed by atoms with Crippen LogP contribution in [-0.2, 0) is 14.3 Å². The highest BCUT2D eigenvalue weighted by atomic mass is 16.5. The molecule has 0 aliphatic heterocycles. The summed E-state index contributed by atoms with van der Waals surface area (Å²) in [6.07, 6.45) is 0.329. The molecular weight excluding hydrogens is 264 g/mol. The zero-order valence-electron chi connectivity index (χ0n) is 13.9. The molecule has 0 fully saturated rings. The Morgan fingerprint density at radius 1 is 1.05 bits per heavy atom. The minimum atomic E-state index is -0.753. The minimum Gasteiger partial charge on any atom is -0.469 e. The largest absolute Gasteiger partial charge is 0.469 e. The van der Waals surface area contributed by atoms with Crippen LogP contribution in [0.4, 0.5) is 0 Å². The van der Waals surface area contributed by atoms with E-state index >= 15 is 0 Å². The molecule has 0 bridgehead atoms. The lowest BCUT2D eigenvalue weighted by molar-refractivity contribution is -0.152. The molecule has 0 unspecified atom stereocenters. The third kappa shape index (κ3) is 4.16. The number of ether oxygens (including phenoxy) is 1. The Morgan fingerprint density at radius 3 is 2.00 bits per heavy atom. The number of rotatable bonds is 5. The van der Waals surface area contributed by atoms with Gasteiger partial charge < -0.3 is 4.74 Å². The summed E-state index contributed by atoms with van der Waals surface area (Å²) >= 11 is 0. The van der Waals surface area contributed by atoms with E-state index in [4.69, 9.17) is 4.74 Å². The fourth-order valence-electron chi connectivity index (χ4n) is 2.37. The second-order valence-electron chi connectivity index (χ2n) is 7.05. The van der Waals surface area contributed by atoms with E-state index in [1.807, 2.05) is 65.0 Å². The predicted octanol–water partition coefficient (Wildman–Crippen LogP) is 3.97. The van der Waals surface area contributed by atoms with Crippen molar-refractivity contribution in [3.63, 3.8) is 0 Å². The van der Waals surface area contributed by atoms with Crippen LogP contribution in [0, 0.1) is 10.8 Å². The van der Waals surface area contributed by atoms with Gasteiger partial charge in [0.2, 0.25) is 0 Å². The first-order valence-electron chi connectivity index (χ1n) is 7.27. The van der Waals surface area contributed by atoms with Crippen molar-refractivity contribution in [3.05, 3.63) is 35.9 Å². The van der Waals surface area contributed by atoms with Gasteiger partial charge >= 0.3 is 5.97 Å². The molecule has 1 rings (SSSR count).